The molecule has 1 aliphatic heterocycles. The number of imidazole rings is 1. The fraction of sp³-hybridized carbons (Fsp3) is 0.333. The van der Waals surface area contributed by atoms with Crippen molar-refractivity contribution in [3.05, 3.63) is 34.4 Å². The standard InChI is InChI=1S/C15H13ClFN3O2S/c1-2-22-14(21)11-12(7-5-18-6-7)20-9-4-3-8(17)10(16)13(9)23-15(20)19-11/h3-4,7,18H,2,5-6H2,1H3. The lowest BCUT2D eigenvalue weighted by Gasteiger charge is -2.27. The molecule has 4 rings (SSSR count). The predicted molar refractivity (Wildman–Crippen MR) is 87.1 cm³/mol. The van der Waals surface area contributed by atoms with E-state index in [0.29, 0.717) is 22.0 Å². The van der Waals surface area contributed by atoms with Crippen LogP contribution >= 0.6 is 22.9 Å². The summed E-state index contributed by atoms with van der Waals surface area (Å²) in [5, 5.41) is 3.29. The lowest BCUT2D eigenvalue weighted by molar-refractivity contribution is 0.0517. The SMILES string of the molecule is CCOC(=O)c1nc2sc3c(Cl)c(F)ccc3n2c1C1CNC1. The van der Waals surface area contributed by atoms with Gasteiger partial charge in [-0.1, -0.05) is 22.9 Å². The van der Waals surface area contributed by atoms with Crippen LogP contribution in [-0.2, 0) is 4.74 Å². The minimum atomic E-state index is -0.457. The van der Waals surface area contributed by atoms with Crippen molar-refractivity contribution in [2.24, 2.45) is 0 Å². The molecule has 23 heavy (non-hydrogen) atoms. The number of carbonyl (C=O) groups excluding carboxylic acids is 1. The Labute approximate surface area is 140 Å². The summed E-state index contributed by atoms with van der Waals surface area (Å²) in [5.74, 6) is -0.709. The Morgan fingerprint density at radius 3 is 3.00 bits per heavy atom. The molecule has 1 aliphatic rings. The van der Waals surface area contributed by atoms with Crippen LogP contribution in [0.15, 0.2) is 12.1 Å². The fourth-order valence-corrected chi connectivity index (χ4v) is 4.14. The molecular weight excluding hydrogens is 341 g/mol. The average molecular weight is 354 g/mol. The molecule has 0 aliphatic carbocycles. The molecule has 0 bridgehead atoms. The number of hydrogen-bond donors (Lipinski definition) is 1. The zero-order valence-electron chi connectivity index (χ0n) is 12.2. The highest BCUT2D eigenvalue weighted by Gasteiger charge is 2.32. The van der Waals surface area contributed by atoms with Gasteiger partial charge in [0, 0.05) is 19.0 Å². The van der Waals surface area contributed by atoms with E-state index in [1.54, 1.807) is 13.0 Å². The molecular formula is C15H13ClFN3O2S. The Morgan fingerprint density at radius 2 is 2.35 bits per heavy atom. The summed E-state index contributed by atoms with van der Waals surface area (Å²) < 4.78 is 21.4. The molecule has 2 aromatic heterocycles. The summed E-state index contributed by atoms with van der Waals surface area (Å²) in [6.07, 6.45) is 0. The molecule has 1 N–H and O–H groups in total. The monoisotopic (exact) mass is 353 g/mol. The number of hydrogen-bond acceptors (Lipinski definition) is 5. The summed E-state index contributed by atoms with van der Waals surface area (Å²) in [5.41, 5.74) is 1.92. The van der Waals surface area contributed by atoms with E-state index in [0.717, 1.165) is 24.3 Å². The number of rotatable bonds is 3. The first kappa shape index (κ1) is 14.9. The van der Waals surface area contributed by atoms with Gasteiger partial charge < -0.3 is 10.1 Å². The highest BCUT2D eigenvalue weighted by atomic mass is 35.5. The Morgan fingerprint density at radius 1 is 1.57 bits per heavy atom. The maximum atomic E-state index is 13.7. The first-order valence-corrected chi connectivity index (χ1v) is 8.48. The summed E-state index contributed by atoms with van der Waals surface area (Å²) >= 11 is 7.35. The third-order valence-corrected chi connectivity index (χ3v) is 5.54. The molecule has 1 aromatic carbocycles. The number of ether oxygens (including phenoxy) is 1. The van der Waals surface area contributed by atoms with Crippen LogP contribution in [0, 0.1) is 5.82 Å². The number of esters is 1. The van der Waals surface area contributed by atoms with Crippen LogP contribution < -0.4 is 5.32 Å². The van der Waals surface area contributed by atoms with Gasteiger partial charge in [0.2, 0.25) is 0 Å². The number of nitrogens with one attached hydrogen (secondary N) is 1. The number of carbonyl (C=O) groups is 1. The largest absolute Gasteiger partial charge is 0.461 e. The third-order valence-electron chi connectivity index (χ3n) is 3.98. The summed E-state index contributed by atoms with van der Waals surface area (Å²) in [6.45, 7) is 3.60. The quantitative estimate of drug-likeness (QED) is 0.735. The van der Waals surface area contributed by atoms with Gasteiger partial charge in [-0.25, -0.2) is 14.2 Å². The maximum Gasteiger partial charge on any atom is 0.358 e. The fourth-order valence-electron chi connectivity index (χ4n) is 2.81. The van der Waals surface area contributed by atoms with Crippen LogP contribution in [0.3, 0.4) is 0 Å². The van der Waals surface area contributed by atoms with E-state index in [1.807, 2.05) is 4.40 Å². The average Bonchev–Trinajstić information content (AvgIpc) is 2.99. The molecule has 0 unspecified atom stereocenters. The molecule has 3 aromatic rings. The lowest BCUT2D eigenvalue weighted by atomic mass is 9.97. The number of aromatic nitrogens is 2. The van der Waals surface area contributed by atoms with E-state index in [4.69, 9.17) is 16.3 Å². The molecule has 0 spiro atoms. The van der Waals surface area contributed by atoms with E-state index in [9.17, 15) is 9.18 Å². The molecule has 1 fully saturated rings. The summed E-state index contributed by atoms with van der Waals surface area (Å²) in [4.78, 5) is 17.3. The first-order chi connectivity index (χ1) is 11.1. The van der Waals surface area contributed by atoms with Crippen molar-refractivity contribution in [1.29, 1.82) is 0 Å². The Balaban J connectivity index is 2.02. The van der Waals surface area contributed by atoms with Gasteiger partial charge in [0.15, 0.2) is 10.7 Å². The van der Waals surface area contributed by atoms with E-state index in [2.05, 4.69) is 10.3 Å². The van der Waals surface area contributed by atoms with Crippen molar-refractivity contribution in [2.45, 2.75) is 12.8 Å². The minimum absolute atomic E-state index is 0.0911. The highest BCUT2D eigenvalue weighted by Crippen LogP contribution is 2.37. The molecule has 0 amide bonds. The third kappa shape index (κ3) is 2.14. The number of benzene rings is 1. The molecule has 5 nitrogen and oxygen atoms in total. The van der Waals surface area contributed by atoms with Crippen LogP contribution in [-0.4, -0.2) is 35.1 Å². The van der Waals surface area contributed by atoms with Crippen molar-refractivity contribution >= 4 is 44.1 Å². The van der Waals surface area contributed by atoms with Crippen LogP contribution in [0.25, 0.3) is 15.2 Å². The smallest absolute Gasteiger partial charge is 0.358 e. The second-order valence-electron chi connectivity index (χ2n) is 5.35. The Bertz CT molecular complexity index is 932. The highest BCUT2D eigenvalue weighted by molar-refractivity contribution is 7.24. The topological polar surface area (TPSA) is 55.6 Å². The van der Waals surface area contributed by atoms with Crippen molar-refractivity contribution in [3.8, 4) is 0 Å². The number of halogens is 2. The maximum absolute atomic E-state index is 13.7. The van der Waals surface area contributed by atoms with Gasteiger partial charge in [0.1, 0.15) is 5.82 Å². The molecule has 120 valence electrons. The van der Waals surface area contributed by atoms with Gasteiger partial charge in [-0.3, -0.25) is 4.40 Å². The lowest BCUT2D eigenvalue weighted by Crippen LogP contribution is -2.41. The molecule has 0 saturated carbocycles. The Kier molecular flexibility index (Phi) is 3.51. The van der Waals surface area contributed by atoms with E-state index in [1.165, 1.54) is 17.4 Å². The molecule has 8 heteroatoms. The molecule has 3 heterocycles. The zero-order chi connectivity index (χ0) is 16.1. The first-order valence-electron chi connectivity index (χ1n) is 7.28. The van der Waals surface area contributed by atoms with Gasteiger partial charge in [-0.15, -0.1) is 0 Å². The number of fused-ring (bicyclic) bond motifs is 3. The minimum Gasteiger partial charge on any atom is -0.461 e. The molecule has 1 saturated heterocycles. The number of nitrogens with zero attached hydrogens (tertiary/aromatic N) is 2. The van der Waals surface area contributed by atoms with Crippen LogP contribution in [0.1, 0.15) is 29.0 Å². The van der Waals surface area contributed by atoms with Crippen molar-refractivity contribution in [1.82, 2.24) is 14.7 Å². The van der Waals surface area contributed by atoms with E-state index < -0.39 is 11.8 Å². The van der Waals surface area contributed by atoms with Crippen molar-refractivity contribution in [2.75, 3.05) is 19.7 Å². The van der Waals surface area contributed by atoms with Crippen molar-refractivity contribution < 1.29 is 13.9 Å². The summed E-state index contributed by atoms with van der Waals surface area (Å²) in [6, 6.07) is 3.01. The van der Waals surface area contributed by atoms with Crippen LogP contribution in [0.2, 0.25) is 5.02 Å². The van der Waals surface area contributed by atoms with Gasteiger partial charge in [0.25, 0.3) is 0 Å². The van der Waals surface area contributed by atoms with Gasteiger partial charge in [-0.2, -0.15) is 0 Å². The predicted octanol–water partition coefficient (Wildman–Crippen LogP) is 3.21. The second kappa shape index (κ2) is 5.43. The van der Waals surface area contributed by atoms with Crippen LogP contribution in [0.5, 0.6) is 0 Å². The van der Waals surface area contributed by atoms with Crippen LogP contribution in [0.4, 0.5) is 4.39 Å². The van der Waals surface area contributed by atoms with Gasteiger partial charge in [-0.05, 0) is 19.1 Å². The number of thiazole rings is 1. The van der Waals surface area contributed by atoms with E-state index in [-0.39, 0.29) is 10.9 Å². The molecule has 0 atom stereocenters. The normalized spacial score (nSPS) is 15.3. The van der Waals surface area contributed by atoms with E-state index >= 15 is 0 Å². The zero-order valence-corrected chi connectivity index (χ0v) is 13.8. The van der Waals surface area contributed by atoms with Gasteiger partial charge >= 0.3 is 5.97 Å². The molecule has 0 radical (unpaired) electrons. The second-order valence-corrected chi connectivity index (χ2v) is 6.71. The van der Waals surface area contributed by atoms with Gasteiger partial charge in [0.05, 0.1) is 27.5 Å². The van der Waals surface area contributed by atoms with Crippen molar-refractivity contribution in [3.63, 3.8) is 0 Å². The Hall–Kier alpha value is -1.70. The summed E-state index contributed by atoms with van der Waals surface area (Å²) in [7, 11) is 0.